The van der Waals surface area contributed by atoms with Crippen LogP contribution in [0.2, 0.25) is 0 Å². The van der Waals surface area contributed by atoms with Crippen LogP contribution in [0.15, 0.2) is 108 Å². The van der Waals surface area contributed by atoms with E-state index < -0.39 is 17.6 Å². The van der Waals surface area contributed by atoms with Crippen LogP contribution in [0.4, 0.5) is 14.5 Å². The van der Waals surface area contributed by atoms with Gasteiger partial charge in [-0.2, -0.15) is 0 Å². The van der Waals surface area contributed by atoms with Crippen LogP contribution in [-0.4, -0.2) is 24.6 Å². The van der Waals surface area contributed by atoms with Crippen molar-refractivity contribution in [3.05, 3.63) is 143 Å². The van der Waals surface area contributed by atoms with Crippen LogP contribution >= 0.6 is 0 Å². The normalized spacial score (nSPS) is 11.8. The number of ketones is 1. The third kappa shape index (κ3) is 6.16. The van der Waals surface area contributed by atoms with Crippen LogP contribution in [0.3, 0.4) is 0 Å². The summed E-state index contributed by atoms with van der Waals surface area (Å²) in [6.07, 6.45) is 1.62. The van der Waals surface area contributed by atoms with E-state index in [-0.39, 0.29) is 23.5 Å². The van der Waals surface area contributed by atoms with Gasteiger partial charge in [0, 0.05) is 29.2 Å². The zero-order valence-electron chi connectivity index (χ0n) is 20.9. The predicted octanol–water partition coefficient (Wildman–Crippen LogP) is 7.27. The fourth-order valence-electron chi connectivity index (χ4n) is 3.97. The first-order chi connectivity index (χ1) is 18.4. The molecular formula is C32H25F2NO3. The molecule has 4 rings (SSSR count). The molecular weight excluding hydrogens is 484 g/mol. The van der Waals surface area contributed by atoms with Gasteiger partial charge in [0.05, 0.1) is 12.8 Å². The maximum absolute atomic E-state index is 14.8. The second-order valence-electron chi connectivity index (χ2n) is 8.57. The number of esters is 1. The fraction of sp³-hybridized carbons (Fsp3) is 0.0938. The van der Waals surface area contributed by atoms with Crippen LogP contribution in [0.5, 0.6) is 0 Å². The second-order valence-corrected chi connectivity index (χ2v) is 8.57. The van der Waals surface area contributed by atoms with Gasteiger partial charge in [0.25, 0.3) is 0 Å². The Morgan fingerprint density at radius 1 is 0.816 bits per heavy atom. The van der Waals surface area contributed by atoms with Gasteiger partial charge in [0.1, 0.15) is 17.3 Å². The average Bonchev–Trinajstić information content (AvgIpc) is 2.94. The minimum Gasteiger partial charge on any atom is -0.465 e. The number of methoxy groups -OCH3 is 1. The summed E-state index contributed by atoms with van der Waals surface area (Å²) >= 11 is 0. The summed E-state index contributed by atoms with van der Waals surface area (Å²) in [6.45, 7) is 1.93. The molecule has 0 atom stereocenters. The molecule has 190 valence electrons. The molecule has 0 radical (unpaired) electrons. The number of hydrogen-bond donors (Lipinski definition) is 0. The molecule has 0 unspecified atom stereocenters. The molecule has 4 aromatic rings. The van der Waals surface area contributed by atoms with Gasteiger partial charge in [0.2, 0.25) is 0 Å². The number of aryl methyl sites for hydroxylation is 1. The van der Waals surface area contributed by atoms with Crippen LogP contribution < -0.4 is 0 Å². The van der Waals surface area contributed by atoms with Crippen LogP contribution in [0, 0.1) is 18.6 Å². The first kappa shape index (κ1) is 26.4. The van der Waals surface area contributed by atoms with Crippen molar-refractivity contribution < 1.29 is 23.1 Å². The number of rotatable bonds is 8. The van der Waals surface area contributed by atoms with Crippen molar-refractivity contribution in [3.63, 3.8) is 0 Å². The SMILES string of the molecule is COC(=O)C(CC=C(c1ccc(C)cc1)c1ccc(F)cc1F)=Nc1ccccc1C(=O)c1ccccc1. The molecule has 0 N–H and O–H groups in total. The van der Waals surface area contributed by atoms with E-state index in [0.29, 0.717) is 28.0 Å². The molecule has 38 heavy (non-hydrogen) atoms. The quantitative estimate of drug-likeness (QED) is 0.143. The van der Waals surface area contributed by atoms with Crippen molar-refractivity contribution in [1.29, 1.82) is 0 Å². The summed E-state index contributed by atoms with van der Waals surface area (Å²) in [5, 5.41) is 0. The van der Waals surface area contributed by atoms with Gasteiger partial charge in [0.15, 0.2) is 5.78 Å². The molecule has 0 aliphatic rings. The van der Waals surface area contributed by atoms with E-state index >= 15 is 0 Å². The largest absolute Gasteiger partial charge is 0.465 e. The lowest BCUT2D eigenvalue weighted by atomic mass is 9.95. The standard InChI is InChI=1S/C32H25F2NO3/c1-21-12-14-22(15-13-21)25(26-17-16-24(33)20-28(26)34)18-19-30(32(37)38-2)35-29-11-7-6-10-27(29)31(36)23-8-4-3-5-9-23/h3-18,20H,19H2,1-2H3. The summed E-state index contributed by atoms with van der Waals surface area (Å²) in [6, 6.07) is 26.3. The number of aliphatic imine (C=N–C) groups is 1. The number of para-hydroxylation sites is 1. The van der Waals surface area contributed by atoms with E-state index in [4.69, 9.17) is 4.74 Å². The molecule has 0 saturated carbocycles. The first-order valence-electron chi connectivity index (χ1n) is 11.9. The summed E-state index contributed by atoms with van der Waals surface area (Å²) in [7, 11) is 1.24. The summed E-state index contributed by atoms with van der Waals surface area (Å²) in [5.41, 5.74) is 3.49. The number of nitrogens with zero attached hydrogens (tertiary/aromatic N) is 1. The van der Waals surface area contributed by atoms with Crippen molar-refractivity contribution in [1.82, 2.24) is 0 Å². The Kier molecular flexibility index (Phi) is 8.34. The van der Waals surface area contributed by atoms with Crippen molar-refractivity contribution in [2.24, 2.45) is 4.99 Å². The van der Waals surface area contributed by atoms with Gasteiger partial charge >= 0.3 is 5.97 Å². The van der Waals surface area contributed by atoms with E-state index in [2.05, 4.69) is 4.99 Å². The average molecular weight is 510 g/mol. The van der Waals surface area contributed by atoms with Gasteiger partial charge in [-0.1, -0.05) is 78.4 Å². The maximum Gasteiger partial charge on any atom is 0.352 e. The third-order valence-electron chi connectivity index (χ3n) is 5.94. The highest BCUT2D eigenvalue weighted by Gasteiger charge is 2.18. The number of benzene rings is 4. The van der Waals surface area contributed by atoms with Gasteiger partial charge in [-0.15, -0.1) is 0 Å². The molecule has 0 bridgehead atoms. The third-order valence-corrected chi connectivity index (χ3v) is 5.94. The molecule has 0 aliphatic heterocycles. The number of ether oxygens (including phenoxy) is 1. The summed E-state index contributed by atoms with van der Waals surface area (Å²) < 4.78 is 33.4. The van der Waals surface area contributed by atoms with Crippen molar-refractivity contribution >= 4 is 28.7 Å². The Hall–Kier alpha value is -4.71. The van der Waals surface area contributed by atoms with Gasteiger partial charge in [-0.25, -0.2) is 18.6 Å². The zero-order chi connectivity index (χ0) is 27.1. The molecule has 0 fully saturated rings. The Balaban J connectivity index is 1.78. The molecule has 6 heteroatoms. The van der Waals surface area contributed by atoms with E-state index in [9.17, 15) is 18.4 Å². The van der Waals surface area contributed by atoms with E-state index in [1.807, 2.05) is 37.3 Å². The number of carbonyl (C=O) groups is 2. The Labute approximate surface area is 219 Å². The second kappa shape index (κ2) is 12.0. The number of carbonyl (C=O) groups excluding carboxylic acids is 2. The lowest BCUT2D eigenvalue weighted by molar-refractivity contribution is -0.132. The van der Waals surface area contributed by atoms with Crippen molar-refractivity contribution in [2.75, 3.05) is 7.11 Å². The van der Waals surface area contributed by atoms with E-state index in [1.54, 1.807) is 54.6 Å². The number of hydrogen-bond acceptors (Lipinski definition) is 4. The Morgan fingerprint density at radius 2 is 1.50 bits per heavy atom. The fourth-order valence-corrected chi connectivity index (χ4v) is 3.97. The van der Waals surface area contributed by atoms with E-state index in [1.165, 1.54) is 19.2 Å². The smallest absolute Gasteiger partial charge is 0.352 e. The highest BCUT2D eigenvalue weighted by atomic mass is 19.1. The highest BCUT2D eigenvalue weighted by Crippen LogP contribution is 2.28. The van der Waals surface area contributed by atoms with Crippen molar-refractivity contribution in [3.8, 4) is 0 Å². The molecule has 0 amide bonds. The number of allylic oxidation sites excluding steroid dienone is 1. The van der Waals surface area contributed by atoms with Crippen LogP contribution in [-0.2, 0) is 9.53 Å². The molecule has 0 aliphatic carbocycles. The molecule has 0 heterocycles. The molecule has 0 aromatic heterocycles. The minimum atomic E-state index is -0.729. The van der Waals surface area contributed by atoms with E-state index in [0.717, 1.165) is 11.6 Å². The lowest BCUT2D eigenvalue weighted by Crippen LogP contribution is -2.15. The van der Waals surface area contributed by atoms with Gasteiger partial charge < -0.3 is 4.74 Å². The topological polar surface area (TPSA) is 55.7 Å². The summed E-state index contributed by atoms with van der Waals surface area (Å²) in [4.78, 5) is 30.4. The van der Waals surface area contributed by atoms with Crippen LogP contribution in [0.25, 0.3) is 5.57 Å². The molecule has 0 saturated heterocycles. The predicted molar refractivity (Wildman–Crippen MR) is 145 cm³/mol. The first-order valence-corrected chi connectivity index (χ1v) is 11.9. The minimum absolute atomic E-state index is 0.0212. The Morgan fingerprint density at radius 3 is 2.18 bits per heavy atom. The van der Waals surface area contributed by atoms with Gasteiger partial charge in [-0.3, -0.25) is 4.79 Å². The van der Waals surface area contributed by atoms with Gasteiger partial charge in [-0.05, 0) is 42.3 Å². The monoisotopic (exact) mass is 509 g/mol. The highest BCUT2D eigenvalue weighted by molar-refractivity contribution is 6.37. The van der Waals surface area contributed by atoms with Crippen molar-refractivity contribution in [2.45, 2.75) is 13.3 Å². The number of halogens is 2. The lowest BCUT2D eigenvalue weighted by Gasteiger charge is -2.12. The maximum atomic E-state index is 14.8. The Bertz CT molecular complexity index is 1520. The van der Waals surface area contributed by atoms with Crippen LogP contribution in [0.1, 0.15) is 39.0 Å². The summed E-state index contributed by atoms with van der Waals surface area (Å²) in [5.74, 6) is -2.34. The zero-order valence-corrected chi connectivity index (χ0v) is 20.9. The molecule has 0 spiro atoms. The molecule has 4 aromatic carbocycles. The molecule has 4 nitrogen and oxygen atoms in total.